The summed E-state index contributed by atoms with van der Waals surface area (Å²) < 4.78 is 0. The smallest absolute Gasteiger partial charge is 0.335 e. The molecule has 2 N–H and O–H groups in total. The number of carboxylic acids is 1. The predicted molar refractivity (Wildman–Crippen MR) is 210 cm³/mol. The van der Waals surface area contributed by atoms with Crippen LogP contribution in [0.25, 0.3) is 5.57 Å². The molecule has 4 unspecified atom stereocenters. The molecule has 5 saturated carbocycles. The van der Waals surface area contributed by atoms with Crippen molar-refractivity contribution in [1.29, 1.82) is 0 Å². The number of carboxylic acid groups (broad SMARTS) is 1. The molecule has 1 heterocycles. The minimum absolute atomic E-state index is 0.0596. The zero-order valence-electron chi connectivity index (χ0n) is 33.1. The third kappa shape index (κ3) is 6.32. The lowest BCUT2D eigenvalue weighted by Crippen LogP contribution is -2.64. The summed E-state index contributed by atoms with van der Waals surface area (Å²) in [6.07, 6.45) is 23.4. The molecule has 1 saturated heterocycles. The standard InChI is InChI=1S/C46H69N3O3/c1-43(2)36(33-12-14-34(15-13-33)42(51)52)18-22-45(4)39(43)20-23-44(3)37-19-24-46(21-8-11-38(46)35(37)16-17-40(44)45)47-25-26-48-27-29-49(30-28-48)41(50)31-32-9-6-5-7-10-32/h12-15,18,32,35,37-40,47H,5-11,16-17,19-31H2,1-4H3,(H,51,52)/t35-,37?,38?,39?,40?,44-,45-,46-/m0/s1. The lowest BCUT2D eigenvalue weighted by molar-refractivity contribution is -0.172. The highest BCUT2D eigenvalue weighted by atomic mass is 16.4. The van der Waals surface area contributed by atoms with Gasteiger partial charge in [0.15, 0.2) is 0 Å². The average Bonchev–Trinajstić information content (AvgIpc) is 3.56. The second-order valence-corrected chi connectivity index (χ2v) is 20.0. The fraction of sp³-hybridized carbons (Fsp3) is 0.783. The van der Waals surface area contributed by atoms with Gasteiger partial charge in [-0.3, -0.25) is 9.69 Å². The first-order valence-electron chi connectivity index (χ1n) is 21.7. The number of nitrogens with zero attached hydrogens (tertiary/aromatic N) is 2. The van der Waals surface area contributed by atoms with E-state index >= 15 is 0 Å². The molecule has 286 valence electrons. The summed E-state index contributed by atoms with van der Waals surface area (Å²) in [7, 11) is 0. The van der Waals surface area contributed by atoms with Crippen LogP contribution >= 0.6 is 0 Å². The Kier molecular flexibility index (Phi) is 10.0. The van der Waals surface area contributed by atoms with Gasteiger partial charge in [0.1, 0.15) is 0 Å². The third-order valence-corrected chi connectivity index (χ3v) is 17.4. The molecular weight excluding hydrogens is 643 g/mol. The van der Waals surface area contributed by atoms with E-state index in [1.54, 1.807) is 12.1 Å². The number of aromatic carboxylic acids is 1. The number of hydrogen-bond donors (Lipinski definition) is 2. The summed E-state index contributed by atoms with van der Waals surface area (Å²) in [5.41, 5.74) is 4.12. The first-order valence-corrected chi connectivity index (χ1v) is 21.7. The molecule has 1 aromatic rings. The number of benzene rings is 1. The number of rotatable bonds is 8. The van der Waals surface area contributed by atoms with Crippen molar-refractivity contribution in [3.05, 3.63) is 41.5 Å². The minimum Gasteiger partial charge on any atom is -0.478 e. The van der Waals surface area contributed by atoms with E-state index in [-0.39, 0.29) is 5.41 Å². The Morgan fingerprint density at radius 2 is 1.52 bits per heavy atom. The Labute approximate surface area is 314 Å². The Balaban J connectivity index is 0.892. The van der Waals surface area contributed by atoms with E-state index in [1.807, 2.05) is 12.1 Å². The van der Waals surface area contributed by atoms with Crippen molar-refractivity contribution < 1.29 is 14.7 Å². The van der Waals surface area contributed by atoms with Crippen molar-refractivity contribution in [3.63, 3.8) is 0 Å². The molecule has 8 atom stereocenters. The molecule has 7 aliphatic rings. The van der Waals surface area contributed by atoms with Gasteiger partial charge in [-0.2, -0.15) is 0 Å². The van der Waals surface area contributed by atoms with Gasteiger partial charge < -0.3 is 15.3 Å². The molecule has 6 aliphatic carbocycles. The Bertz CT molecular complexity index is 1500. The van der Waals surface area contributed by atoms with Gasteiger partial charge in [0.2, 0.25) is 5.91 Å². The number of allylic oxidation sites excluding steroid dienone is 2. The van der Waals surface area contributed by atoms with Crippen molar-refractivity contribution in [1.82, 2.24) is 15.1 Å². The van der Waals surface area contributed by atoms with Crippen LogP contribution in [0, 0.1) is 51.8 Å². The Hall–Kier alpha value is -2.18. The van der Waals surface area contributed by atoms with Gasteiger partial charge in [-0.25, -0.2) is 4.79 Å². The monoisotopic (exact) mass is 712 g/mol. The molecule has 0 spiro atoms. The van der Waals surface area contributed by atoms with E-state index < -0.39 is 5.97 Å². The highest BCUT2D eigenvalue weighted by molar-refractivity contribution is 5.88. The zero-order valence-corrected chi connectivity index (χ0v) is 33.1. The van der Waals surface area contributed by atoms with Crippen molar-refractivity contribution in [3.8, 4) is 0 Å². The first kappa shape index (κ1) is 36.8. The summed E-state index contributed by atoms with van der Waals surface area (Å²) in [5, 5.41) is 13.8. The van der Waals surface area contributed by atoms with Crippen LogP contribution in [0.2, 0.25) is 0 Å². The molecule has 52 heavy (non-hydrogen) atoms. The molecular formula is C46H69N3O3. The quantitative estimate of drug-likeness (QED) is 0.281. The van der Waals surface area contributed by atoms with Crippen LogP contribution in [-0.4, -0.2) is 71.6 Å². The second kappa shape index (κ2) is 14.2. The van der Waals surface area contributed by atoms with E-state index in [0.29, 0.717) is 39.7 Å². The molecule has 0 radical (unpaired) electrons. The van der Waals surface area contributed by atoms with Gasteiger partial charge in [-0.05, 0) is 146 Å². The summed E-state index contributed by atoms with van der Waals surface area (Å²) in [6, 6.07) is 7.66. The van der Waals surface area contributed by atoms with Gasteiger partial charge in [-0.1, -0.05) is 71.6 Å². The van der Waals surface area contributed by atoms with Crippen LogP contribution < -0.4 is 5.32 Å². The van der Waals surface area contributed by atoms with Crippen LogP contribution in [-0.2, 0) is 4.79 Å². The molecule has 6 heteroatoms. The van der Waals surface area contributed by atoms with Gasteiger partial charge in [0.25, 0.3) is 0 Å². The molecule has 0 aromatic heterocycles. The number of nitrogens with one attached hydrogen (secondary N) is 1. The maximum absolute atomic E-state index is 13.0. The Morgan fingerprint density at radius 3 is 2.25 bits per heavy atom. The average molecular weight is 712 g/mol. The normalized spacial score (nSPS) is 39.1. The van der Waals surface area contributed by atoms with Crippen molar-refractivity contribution in [2.24, 2.45) is 51.8 Å². The highest BCUT2D eigenvalue weighted by Gasteiger charge is 2.65. The molecule has 8 rings (SSSR count). The van der Waals surface area contributed by atoms with Crippen LogP contribution in [0.3, 0.4) is 0 Å². The summed E-state index contributed by atoms with van der Waals surface area (Å²) in [6.45, 7) is 16.5. The zero-order chi connectivity index (χ0) is 36.3. The van der Waals surface area contributed by atoms with Crippen molar-refractivity contribution in [2.75, 3.05) is 39.3 Å². The molecule has 6 fully saturated rings. The molecule has 1 aliphatic heterocycles. The topological polar surface area (TPSA) is 72.9 Å². The van der Waals surface area contributed by atoms with Crippen LogP contribution in [0.5, 0.6) is 0 Å². The summed E-state index contributed by atoms with van der Waals surface area (Å²) >= 11 is 0. The number of fused-ring (bicyclic) bond motifs is 7. The predicted octanol–water partition coefficient (Wildman–Crippen LogP) is 9.30. The maximum Gasteiger partial charge on any atom is 0.335 e. The SMILES string of the molecule is CC1(C)C(c2ccc(C(=O)O)cc2)=CC[C@@]2(C)C1CC[C@@]1(C)C3CC[C@@]4(NCCN5CCN(C(=O)CC6CCCCC6)CC5)CCCC4[C@H]3CCC12. The lowest BCUT2D eigenvalue weighted by Gasteiger charge is -2.68. The largest absolute Gasteiger partial charge is 0.478 e. The van der Waals surface area contributed by atoms with E-state index in [4.69, 9.17) is 0 Å². The van der Waals surface area contributed by atoms with Gasteiger partial charge in [0, 0.05) is 51.2 Å². The minimum atomic E-state index is -0.852. The number of piperazine rings is 1. The van der Waals surface area contributed by atoms with Gasteiger partial charge in [0.05, 0.1) is 5.56 Å². The Morgan fingerprint density at radius 1 is 0.769 bits per heavy atom. The highest BCUT2D eigenvalue weighted by Crippen LogP contribution is 2.72. The fourth-order valence-corrected chi connectivity index (χ4v) is 14.9. The van der Waals surface area contributed by atoms with Crippen LogP contribution in [0.1, 0.15) is 146 Å². The summed E-state index contributed by atoms with van der Waals surface area (Å²) in [5.74, 6) is 4.14. The second-order valence-electron chi connectivity index (χ2n) is 20.0. The maximum atomic E-state index is 13.0. The fourth-order valence-electron chi connectivity index (χ4n) is 14.9. The van der Waals surface area contributed by atoms with Crippen LogP contribution in [0.15, 0.2) is 30.3 Å². The number of carbonyl (C=O) groups excluding carboxylic acids is 1. The molecule has 0 bridgehead atoms. The van der Waals surface area contributed by atoms with Crippen molar-refractivity contribution >= 4 is 17.4 Å². The van der Waals surface area contributed by atoms with E-state index in [2.05, 4.69) is 48.9 Å². The lowest BCUT2D eigenvalue weighted by atomic mass is 9.37. The van der Waals surface area contributed by atoms with E-state index in [9.17, 15) is 14.7 Å². The van der Waals surface area contributed by atoms with Gasteiger partial charge >= 0.3 is 5.97 Å². The molecule has 1 aromatic carbocycles. The third-order valence-electron chi connectivity index (χ3n) is 17.4. The van der Waals surface area contributed by atoms with Crippen LogP contribution in [0.4, 0.5) is 0 Å². The molecule has 6 nitrogen and oxygen atoms in total. The van der Waals surface area contributed by atoms with E-state index in [0.717, 1.165) is 75.8 Å². The number of carbonyl (C=O) groups is 2. The van der Waals surface area contributed by atoms with Crippen molar-refractivity contribution in [2.45, 2.75) is 136 Å². The van der Waals surface area contributed by atoms with Gasteiger partial charge in [-0.15, -0.1) is 0 Å². The molecule has 1 amide bonds. The number of hydrogen-bond acceptors (Lipinski definition) is 4. The summed E-state index contributed by atoms with van der Waals surface area (Å²) in [4.78, 5) is 29.4. The van der Waals surface area contributed by atoms with E-state index in [1.165, 1.54) is 101 Å². The first-order chi connectivity index (χ1) is 24.9. The number of amides is 1.